The predicted octanol–water partition coefficient (Wildman–Crippen LogP) is 0.535. The van der Waals surface area contributed by atoms with Gasteiger partial charge in [-0.15, -0.1) is 0 Å². The van der Waals surface area contributed by atoms with E-state index in [0.717, 1.165) is 32.1 Å². The van der Waals surface area contributed by atoms with Crippen molar-refractivity contribution in [1.82, 2.24) is 5.32 Å². The highest BCUT2D eigenvalue weighted by Crippen LogP contribution is 2.25. The Balaban J connectivity index is 2.45. The largest absolute Gasteiger partial charge is 0.389 e. The minimum atomic E-state index is -0.874. The van der Waals surface area contributed by atoms with Crippen LogP contribution in [0.1, 0.15) is 46.0 Å². The van der Waals surface area contributed by atoms with Crippen molar-refractivity contribution < 1.29 is 9.90 Å². The van der Waals surface area contributed by atoms with E-state index in [1.807, 2.05) is 0 Å². The van der Waals surface area contributed by atoms with E-state index in [-0.39, 0.29) is 12.5 Å². The Hall–Kier alpha value is -0.610. The van der Waals surface area contributed by atoms with Gasteiger partial charge in [-0.2, -0.15) is 0 Å². The fourth-order valence-corrected chi connectivity index (χ4v) is 1.88. The Labute approximate surface area is 91.2 Å². The van der Waals surface area contributed by atoms with Crippen LogP contribution in [0.25, 0.3) is 0 Å². The lowest BCUT2D eigenvalue weighted by atomic mass is 9.82. The quantitative estimate of drug-likeness (QED) is 0.641. The molecule has 4 heteroatoms. The Morgan fingerprint density at radius 3 is 2.40 bits per heavy atom. The number of hydrogen-bond acceptors (Lipinski definition) is 3. The second kappa shape index (κ2) is 4.49. The van der Waals surface area contributed by atoms with Crippen molar-refractivity contribution in [1.29, 1.82) is 0 Å². The van der Waals surface area contributed by atoms with E-state index in [4.69, 9.17) is 5.73 Å². The standard InChI is InChI=1S/C11H22N2O2/c1-10(2,15)8-13-9(14)11(12)6-4-3-5-7-11/h15H,3-8,12H2,1-2H3,(H,13,14). The molecule has 4 nitrogen and oxygen atoms in total. The van der Waals surface area contributed by atoms with Gasteiger partial charge in [0.25, 0.3) is 0 Å². The molecule has 1 rings (SSSR count). The molecule has 0 aromatic rings. The molecule has 0 spiro atoms. The molecule has 1 aliphatic rings. The van der Waals surface area contributed by atoms with Crippen LogP contribution < -0.4 is 11.1 Å². The summed E-state index contributed by atoms with van der Waals surface area (Å²) in [5, 5.41) is 12.2. The maximum atomic E-state index is 11.8. The molecule has 1 saturated carbocycles. The summed E-state index contributed by atoms with van der Waals surface area (Å²) in [7, 11) is 0. The van der Waals surface area contributed by atoms with Crippen LogP contribution in [0, 0.1) is 0 Å². The topological polar surface area (TPSA) is 75.3 Å². The fraction of sp³-hybridized carbons (Fsp3) is 0.909. The maximum absolute atomic E-state index is 11.8. The van der Waals surface area contributed by atoms with Crippen LogP contribution in [0.5, 0.6) is 0 Å². The van der Waals surface area contributed by atoms with E-state index in [1.165, 1.54) is 0 Å². The van der Waals surface area contributed by atoms with Crippen LogP contribution in [0.15, 0.2) is 0 Å². The average Bonchev–Trinajstić information content (AvgIpc) is 2.14. The van der Waals surface area contributed by atoms with Crippen LogP contribution in [0.3, 0.4) is 0 Å². The highest BCUT2D eigenvalue weighted by molar-refractivity contribution is 5.86. The van der Waals surface area contributed by atoms with Crippen LogP contribution in [-0.4, -0.2) is 28.7 Å². The van der Waals surface area contributed by atoms with E-state index < -0.39 is 11.1 Å². The summed E-state index contributed by atoms with van der Waals surface area (Å²) in [6.45, 7) is 3.58. The Morgan fingerprint density at radius 2 is 1.93 bits per heavy atom. The van der Waals surface area contributed by atoms with Crippen molar-refractivity contribution in [2.24, 2.45) is 5.73 Å². The third-order valence-electron chi connectivity index (χ3n) is 2.88. The number of rotatable bonds is 3. The minimum Gasteiger partial charge on any atom is -0.389 e. The molecule has 0 heterocycles. The molecule has 0 saturated heterocycles. The predicted molar refractivity (Wildman–Crippen MR) is 59.3 cm³/mol. The van der Waals surface area contributed by atoms with Gasteiger partial charge in [0.2, 0.25) is 5.91 Å². The van der Waals surface area contributed by atoms with E-state index in [1.54, 1.807) is 13.8 Å². The Kier molecular flexibility index (Phi) is 3.73. The van der Waals surface area contributed by atoms with Crippen LogP contribution in [0.4, 0.5) is 0 Å². The first-order chi connectivity index (χ1) is 6.83. The molecule has 0 aliphatic heterocycles. The highest BCUT2D eigenvalue weighted by Gasteiger charge is 2.35. The molecule has 88 valence electrons. The van der Waals surface area contributed by atoms with Crippen molar-refractivity contribution in [3.8, 4) is 0 Å². The summed E-state index contributed by atoms with van der Waals surface area (Å²) in [4.78, 5) is 11.8. The second-order valence-electron chi connectivity index (χ2n) is 5.21. The molecule has 1 fully saturated rings. The number of nitrogens with one attached hydrogen (secondary N) is 1. The van der Waals surface area contributed by atoms with Gasteiger partial charge in [-0.1, -0.05) is 19.3 Å². The lowest BCUT2D eigenvalue weighted by molar-refractivity contribution is -0.128. The first kappa shape index (κ1) is 12.5. The lowest BCUT2D eigenvalue weighted by Gasteiger charge is -2.32. The lowest BCUT2D eigenvalue weighted by Crippen LogP contribution is -2.56. The Morgan fingerprint density at radius 1 is 1.40 bits per heavy atom. The molecule has 0 aromatic heterocycles. The molecular weight excluding hydrogens is 192 g/mol. The van der Waals surface area contributed by atoms with Gasteiger partial charge in [0.05, 0.1) is 11.1 Å². The zero-order valence-electron chi connectivity index (χ0n) is 9.68. The number of aliphatic hydroxyl groups is 1. The van der Waals surface area contributed by atoms with Gasteiger partial charge in [0.15, 0.2) is 0 Å². The fourth-order valence-electron chi connectivity index (χ4n) is 1.88. The van der Waals surface area contributed by atoms with Crippen molar-refractivity contribution in [2.75, 3.05) is 6.54 Å². The minimum absolute atomic E-state index is 0.121. The molecule has 0 atom stereocenters. The van der Waals surface area contributed by atoms with Crippen molar-refractivity contribution in [3.63, 3.8) is 0 Å². The normalized spacial score (nSPS) is 21.1. The molecular formula is C11H22N2O2. The molecule has 1 amide bonds. The van der Waals surface area contributed by atoms with Crippen molar-refractivity contribution in [2.45, 2.75) is 57.1 Å². The molecule has 0 aromatic carbocycles. The van der Waals surface area contributed by atoms with Crippen LogP contribution in [0.2, 0.25) is 0 Å². The molecule has 0 bridgehead atoms. The number of amides is 1. The van der Waals surface area contributed by atoms with Gasteiger partial charge in [0.1, 0.15) is 0 Å². The second-order valence-corrected chi connectivity index (χ2v) is 5.21. The van der Waals surface area contributed by atoms with Crippen molar-refractivity contribution in [3.05, 3.63) is 0 Å². The Bertz CT molecular complexity index is 227. The van der Waals surface area contributed by atoms with Gasteiger partial charge in [-0.3, -0.25) is 4.79 Å². The van der Waals surface area contributed by atoms with Gasteiger partial charge in [-0.05, 0) is 26.7 Å². The summed E-state index contributed by atoms with van der Waals surface area (Å²) in [6.07, 6.45) is 4.71. The molecule has 1 aliphatic carbocycles. The number of carbonyl (C=O) groups is 1. The molecule has 0 radical (unpaired) electrons. The van der Waals surface area contributed by atoms with Gasteiger partial charge in [0, 0.05) is 6.54 Å². The first-order valence-corrected chi connectivity index (χ1v) is 5.63. The molecule has 4 N–H and O–H groups in total. The summed E-state index contributed by atoms with van der Waals surface area (Å²) < 4.78 is 0. The SMILES string of the molecule is CC(C)(O)CNC(=O)C1(N)CCCCC1. The summed E-state index contributed by atoms with van der Waals surface area (Å²) in [5.41, 5.74) is 4.46. The maximum Gasteiger partial charge on any atom is 0.240 e. The summed E-state index contributed by atoms with van der Waals surface area (Å²) in [6, 6.07) is 0. The zero-order chi connectivity index (χ0) is 11.5. The van der Waals surface area contributed by atoms with E-state index in [2.05, 4.69) is 5.32 Å². The van der Waals surface area contributed by atoms with Crippen LogP contribution >= 0.6 is 0 Å². The third-order valence-corrected chi connectivity index (χ3v) is 2.88. The molecule has 15 heavy (non-hydrogen) atoms. The summed E-state index contributed by atoms with van der Waals surface area (Å²) >= 11 is 0. The monoisotopic (exact) mass is 214 g/mol. The number of carbonyl (C=O) groups excluding carboxylic acids is 1. The number of hydrogen-bond donors (Lipinski definition) is 3. The number of nitrogens with two attached hydrogens (primary N) is 1. The summed E-state index contributed by atoms with van der Waals surface area (Å²) in [5.74, 6) is -0.121. The zero-order valence-corrected chi connectivity index (χ0v) is 9.68. The van der Waals surface area contributed by atoms with E-state index >= 15 is 0 Å². The smallest absolute Gasteiger partial charge is 0.240 e. The van der Waals surface area contributed by atoms with Gasteiger partial charge in [-0.25, -0.2) is 0 Å². The van der Waals surface area contributed by atoms with Gasteiger partial charge >= 0.3 is 0 Å². The van der Waals surface area contributed by atoms with Gasteiger partial charge < -0.3 is 16.2 Å². The van der Waals surface area contributed by atoms with E-state index in [9.17, 15) is 9.90 Å². The van der Waals surface area contributed by atoms with E-state index in [0.29, 0.717) is 0 Å². The highest BCUT2D eigenvalue weighted by atomic mass is 16.3. The van der Waals surface area contributed by atoms with Crippen LogP contribution in [-0.2, 0) is 4.79 Å². The first-order valence-electron chi connectivity index (χ1n) is 5.63. The van der Waals surface area contributed by atoms with Crippen molar-refractivity contribution >= 4 is 5.91 Å². The third kappa shape index (κ3) is 3.80. The average molecular weight is 214 g/mol. The molecule has 0 unspecified atom stereocenters.